The van der Waals surface area contributed by atoms with Gasteiger partial charge in [0.1, 0.15) is 5.00 Å². The third kappa shape index (κ3) is 3.99. The third-order valence-corrected chi connectivity index (χ3v) is 5.87. The first-order valence-corrected chi connectivity index (χ1v) is 9.86. The average Bonchev–Trinajstić information content (AvgIpc) is 2.98. The molecule has 0 fully saturated rings. The topological polar surface area (TPSA) is 78.5 Å². The molecule has 2 aromatic rings. The molecule has 1 aromatic heterocycles. The van der Waals surface area contributed by atoms with Crippen molar-refractivity contribution < 1.29 is 14.4 Å². The van der Waals surface area contributed by atoms with Crippen LogP contribution < -0.4 is 10.6 Å². The third-order valence-electron chi connectivity index (χ3n) is 4.41. The molecule has 3 rings (SSSR count). The number of urea groups is 1. The van der Waals surface area contributed by atoms with E-state index in [0.29, 0.717) is 47.2 Å². The maximum atomic E-state index is 13.2. The van der Waals surface area contributed by atoms with E-state index in [1.807, 2.05) is 6.92 Å². The number of benzene rings is 1. The van der Waals surface area contributed by atoms with Crippen LogP contribution in [0.2, 0.25) is 5.02 Å². The lowest BCUT2D eigenvalue weighted by molar-refractivity contribution is -0.129. The van der Waals surface area contributed by atoms with E-state index in [1.54, 1.807) is 29.2 Å². The van der Waals surface area contributed by atoms with Gasteiger partial charge >= 0.3 is 6.03 Å². The van der Waals surface area contributed by atoms with Gasteiger partial charge in [0, 0.05) is 30.5 Å². The van der Waals surface area contributed by atoms with Crippen LogP contribution in [0.5, 0.6) is 0 Å². The van der Waals surface area contributed by atoms with Gasteiger partial charge in [0.25, 0.3) is 0 Å². The quantitative estimate of drug-likeness (QED) is 0.761. The molecule has 142 valence electrons. The minimum Gasteiger partial charge on any atom is -0.338 e. The number of hydrogen-bond acceptors (Lipinski definition) is 4. The van der Waals surface area contributed by atoms with Crippen molar-refractivity contribution in [2.75, 3.05) is 18.4 Å². The molecule has 0 unspecified atom stereocenters. The summed E-state index contributed by atoms with van der Waals surface area (Å²) in [5, 5.41) is 6.31. The molecule has 0 spiro atoms. The highest BCUT2D eigenvalue weighted by Crippen LogP contribution is 2.39. The van der Waals surface area contributed by atoms with E-state index in [1.165, 1.54) is 18.3 Å². The molecular formula is C19H20ClN3O3S. The van der Waals surface area contributed by atoms with E-state index in [-0.39, 0.29) is 17.7 Å². The molecule has 6 nitrogen and oxygen atoms in total. The highest BCUT2D eigenvalue weighted by Gasteiger charge is 2.30. The van der Waals surface area contributed by atoms with Crippen molar-refractivity contribution in [1.29, 1.82) is 0 Å². The molecule has 0 bridgehead atoms. The summed E-state index contributed by atoms with van der Waals surface area (Å²) in [6, 6.07) is 6.50. The molecule has 0 saturated carbocycles. The number of nitrogens with zero attached hydrogens (tertiary/aromatic N) is 1. The highest BCUT2D eigenvalue weighted by molar-refractivity contribution is 7.17. The van der Waals surface area contributed by atoms with Crippen LogP contribution in [0, 0.1) is 0 Å². The van der Waals surface area contributed by atoms with E-state index in [4.69, 9.17) is 11.6 Å². The van der Waals surface area contributed by atoms with Crippen molar-refractivity contribution in [1.82, 2.24) is 10.2 Å². The Morgan fingerprint density at radius 3 is 2.67 bits per heavy atom. The van der Waals surface area contributed by atoms with Gasteiger partial charge in [-0.15, -0.1) is 11.3 Å². The molecule has 8 heteroatoms. The molecule has 0 radical (unpaired) electrons. The monoisotopic (exact) mass is 405 g/mol. The predicted octanol–water partition coefficient (Wildman–Crippen LogP) is 3.68. The second-order valence-corrected chi connectivity index (χ2v) is 7.70. The Balaban J connectivity index is 2.05. The van der Waals surface area contributed by atoms with Crippen LogP contribution >= 0.6 is 22.9 Å². The van der Waals surface area contributed by atoms with Gasteiger partial charge in [0.15, 0.2) is 5.78 Å². The summed E-state index contributed by atoms with van der Waals surface area (Å²) in [5.41, 5.74) is 1.75. The van der Waals surface area contributed by atoms with Crippen molar-refractivity contribution in [3.8, 4) is 0 Å². The molecule has 2 N–H and O–H groups in total. The van der Waals surface area contributed by atoms with Crippen LogP contribution in [0.4, 0.5) is 9.80 Å². The van der Waals surface area contributed by atoms with Crippen molar-refractivity contribution in [3.63, 3.8) is 0 Å². The van der Waals surface area contributed by atoms with Crippen LogP contribution in [-0.2, 0) is 17.8 Å². The molecule has 2 heterocycles. The number of fused-ring (bicyclic) bond motifs is 1. The molecule has 0 aliphatic carbocycles. The number of nitrogens with one attached hydrogen (secondary N) is 2. The molecule has 3 amide bonds. The standard InChI is InChI=1S/C19H20ClN3O3S/c1-3-21-19(26)22-18-16(17(25)12-6-4-5-7-14(12)20)13-8-9-23(11(2)24)10-15(13)27-18/h4-7H,3,8-10H2,1-2H3,(H2,21,22,26). The summed E-state index contributed by atoms with van der Waals surface area (Å²) >= 11 is 7.56. The number of amides is 3. The van der Waals surface area contributed by atoms with Crippen molar-refractivity contribution in [3.05, 3.63) is 50.9 Å². The number of anilines is 1. The van der Waals surface area contributed by atoms with Gasteiger partial charge in [-0.2, -0.15) is 0 Å². The van der Waals surface area contributed by atoms with Crippen LogP contribution in [0.25, 0.3) is 0 Å². The second-order valence-electron chi connectivity index (χ2n) is 6.19. The zero-order valence-electron chi connectivity index (χ0n) is 15.1. The number of rotatable bonds is 4. The lowest BCUT2D eigenvalue weighted by atomic mass is 9.96. The lowest BCUT2D eigenvalue weighted by Gasteiger charge is -2.26. The highest BCUT2D eigenvalue weighted by atomic mass is 35.5. The number of ketones is 1. The van der Waals surface area contributed by atoms with Gasteiger partial charge in [-0.1, -0.05) is 23.7 Å². The molecular weight excluding hydrogens is 386 g/mol. The van der Waals surface area contributed by atoms with E-state index in [9.17, 15) is 14.4 Å². The van der Waals surface area contributed by atoms with Crippen LogP contribution in [-0.4, -0.2) is 35.7 Å². The summed E-state index contributed by atoms with van der Waals surface area (Å²) < 4.78 is 0. The fourth-order valence-corrected chi connectivity index (χ4v) is 4.57. The molecule has 0 saturated heterocycles. The number of thiophene rings is 1. The second kappa shape index (κ2) is 8.10. The summed E-state index contributed by atoms with van der Waals surface area (Å²) in [6.07, 6.45) is 0.564. The Hall–Kier alpha value is -2.38. The first-order valence-electron chi connectivity index (χ1n) is 8.66. The van der Waals surface area contributed by atoms with Gasteiger partial charge in [-0.05, 0) is 31.0 Å². The minimum atomic E-state index is -0.368. The first-order chi connectivity index (χ1) is 12.9. The van der Waals surface area contributed by atoms with Gasteiger partial charge in [-0.3, -0.25) is 14.9 Å². The predicted molar refractivity (Wildman–Crippen MR) is 107 cm³/mol. The SMILES string of the molecule is CCNC(=O)Nc1sc2c(c1C(=O)c1ccccc1Cl)CCN(C(C)=O)C2. The fourth-order valence-electron chi connectivity index (χ4n) is 3.09. The Kier molecular flexibility index (Phi) is 5.82. The van der Waals surface area contributed by atoms with Crippen LogP contribution in [0.15, 0.2) is 24.3 Å². The molecule has 1 aromatic carbocycles. The summed E-state index contributed by atoms with van der Waals surface area (Å²) in [6.45, 7) is 4.81. The lowest BCUT2D eigenvalue weighted by Crippen LogP contribution is -2.34. The summed E-state index contributed by atoms with van der Waals surface area (Å²) in [5.74, 6) is -0.229. The van der Waals surface area contributed by atoms with E-state index in [2.05, 4.69) is 10.6 Å². The van der Waals surface area contributed by atoms with Crippen molar-refractivity contribution in [2.45, 2.75) is 26.8 Å². The Labute approximate surface area is 166 Å². The summed E-state index contributed by atoms with van der Waals surface area (Å²) in [4.78, 5) is 39.7. The van der Waals surface area contributed by atoms with Gasteiger partial charge in [0.05, 0.1) is 17.1 Å². The van der Waals surface area contributed by atoms with Crippen molar-refractivity contribution in [2.24, 2.45) is 0 Å². The smallest absolute Gasteiger partial charge is 0.319 e. The maximum Gasteiger partial charge on any atom is 0.319 e. The van der Waals surface area contributed by atoms with Crippen molar-refractivity contribution >= 4 is 45.7 Å². The fraction of sp³-hybridized carbons (Fsp3) is 0.316. The molecule has 1 aliphatic rings. The Bertz CT molecular complexity index is 910. The first kappa shape index (κ1) is 19.4. The Morgan fingerprint density at radius 2 is 2.00 bits per heavy atom. The van der Waals surface area contributed by atoms with Gasteiger partial charge in [0.2, 0.25) is 5.91 Å². The van der Waals surface area contributed by atoms with E-state index in [0.717, 1.165) is 10.4 Å². The maximum absolute atomic E-state index is 13.2. The average molecular weight is 406 g/mol. The number of carbonyl (C=O) groups is 3. The summed E-state index contributed by atoms with van der Waals surface area (Å²) in [7, 11) is 0. The van der Waals surface area contributed by atoms with Gasteiger partial charge in [-0.25, -0.2) is 4.79 Å². The van der Waals surface area contributed by atoms with Crippen LogP contribution in [0.1, 0.15) is 40.2 Å². The number of halogens is 1. The van der Waals surface area contributed by atoms with E-state index < -0.39 is 0 Å². The molecule has 1 aliphatic heterocycles. The zero-order valence-corrected chi connectivity index (χ0v) is 16.7. The van der Waals surface area contributed by atoms with E-state index >= 15 is 0 Å². The normalized spacial score (nSPS) is 13.1. The molecule has 0 atom stereocenters. The molecule has 27 heavy (non-hydrogen) atoms. The zero-order chi connectivity index (χ0) is 19.6. The number of carbonyl (C=O) groups excluding carboxylic acids is 3. The Morgan fingerprint density at radius 1 is 1.26 bits per heavy atom. The minimum absolute atomic E-state index is 0.00809. The number of hydrogen-bond donors (Lipinski definition) is 2. The largest absolute Gasteiger partial charge is 0.338 e. The van der Waals surface area contributed by atoms with Gasteiger partial charge < -0.3 is 10.2 Å². The van der Waals surface area contributed by atoms with Crippen LogP contribution in [0.3, 0.4) is 0 Å².